The van der Waals surface area contributed by atoms with Crippen molar-refractivity contribution >= 4 is 17.0 Å². The Morgan fingerprint density at radius 3 is 2.74 bits per heavy atom. The van der Waals surface area contributed by atoms with Gasteiger partial charge in [0.2, 0.25) is 11.7 Å². The number of nitrogens with zero attached hydrogens (tertiary/aromatic N) is 6. The van der Waals surface area contributed by atoms with Gasteiger partial charge in [0.25, 0.3) is 5.71 Å². The van der Waals surface area contributed by atoms with Gasteiger partial charge in [0.15, 0.2) is 17.2 Å². The number of benzene rings is 1. The van der Waals surface area contributed by atoms with Crippen LogP contribution >= 0.6 is 0 Å². The first kappa shape index (κ1) is 15.9. The number of aromatic nitrogens is 5. The van der Waals surface area contributed by atoms with Crippen LogP contribution in [0.15, 0.2) is 39.3 Å². The molecule has 0 unspecified atom stereocenters. The lowest BCUT2D eigenvalue weighted by atomic mass is 10.2. The lowest BCUT2D eigenvalue weighted by molar-refractivity contribution is 0.355. The lowest BCUT2D eigenvalue weighted by Gasteiger charge is -2.22. The van der Waals surface area contributed by atoms with Gasteiger partial charge in [-0.25, -0.2) is 9.97 Å². The molecule has 1 fully saturated rings. The molecule has 1 saturated heterocycles. The number of anilines is 1. The van der Waals surface area contributed by atoms with Gasteiger partial charge in [-0.3, -0.25) is 0 Å². The SMILES string of the molecule is Cc1nc(N2CCC[C@@H]2c2nc(-c3ccccc3)no2)c2nc(C)oc2n1. The van der Waals surface area contributed by atoms with Crippen molar-refractivity contribution in [3.05, 3.63) is 47.9 Å². The Morgan fingerprint density at radius 2 is 1.89 bits per heavy atom. The minimum Gasteiger partial charge on any atom is -0.422 e. The zero-order chi connectivity index (χ0) is 18.4. The molecular formula is C19H18N6O2. The maximum absolute atomic E-state index is 5.61. The van der Waals surface area contributed by atoms with E-state index in [0.717, 1.165) is 30.8 Å². The quantitative estimate of drug-likeness (QED) is 0.545. The van der Waals surface area contributed by atoms with Crippen LogP contribution in [0.4, 0.5) is 5.82 Å². The van der Waals surface area contributed by atoms with E-state index in [2.05, 4.69) is 30.0 Å². The van der Waals surface area contributed by atoms with Crippen molar-refractivity contribution in [2.45, 2.75) is 32.7 Å². The summed E-state index contributed by atoms with van der Waals surface area (Å²) in [5.74, 6) is 3.17. The molecule has 1 atom stereocenters. The first-order valence-corrected chi connectivity index (χ1v) is 8.96. The second-order valence-corrected chi connectivity index (χ2v) is 6.65. The molecule has 8 heteroatoms. The highest BCUT2D eigenvalue weighted by Crippen LogP contribution is 2.37. The van der Waals surface area contributed by atoms with E-state index in [-0.39, 0.29) is 6.04 Å². The van der Waals surface area contributed by atoms with Crippen molar-refractivity contribution < 1.29 is 8.94 Å². The van der Waals surface area contributed by atoms with Crippen molar-refractivity contribution in [3.63, 3.8) is 0 Å². The predicted octanol–water partition coefficient (Wildman–Crippen LogP) is 3.63. The summed E-state index contributed by atoms with van der Waals surface area (Å²) in [5.41, 5.74) is 2.12. The molecule has 136 valence electrons. The van der Waals surface area contributed by atoms with Gasteiger partial charge in [0.05, 0.1) is 0 Å². The zero-order valence-corrected chi connectivity index (χ0v) is 15.1. The second-order valence-electron chi connectivity index (χ2n) is 6.65. The van der Waals surface area contributed by atoms with Gasteiger partial charge in [0, 0.05) is 19.0 Å². The molecule has 0 amide bonds. The highest BCUT2D eigenvalue weighted by molar-refractivity contribution is 5.82. The molecule has 1 aromatic carbocycles. The van der Waals surface area contributed by atoms with Crippen molar-refractivity contribution in [1.82, 2.24) is 25.1 Å². The van der Waals surface area contributed by atoms with E-state index >= 15 is 0 Å². The average Bonchev–Trinajstić information content (AvgIpc) is 3.40. The van der Waals surface area contributed by atoms with E-state index in [1.807, 2.05) is 44.2 Å². The van der Waals surface area contributed by atoms with E-state index in [1.54, 1.807) is 0 Å². The fraction of sp³-hybridized carbons (Fsp3) is 0.316. The van der Waals surface area contributed by atoms with Gasteiger partial charge in [0.1, 0.15) is 11.9 Å². The third-order valence-corrected chi connectivity index (χ3v) is 4.74. The molecule has 4 aromatic rings. The van der Waals surface area contributed by atoms with Crippen molar-refractivity contribution in [3.8, 4) is 11.4 Å². The predicted molar refractivity (Wildman–Crippen MR) is 98.1 cm³/mol. The van der Waals surface area contributed by atoms with Crippen LogP contribution in [0.3, 0.4) is 0 Å². The Hall–Kier alpha value is -3.29. The smallest absolute Gasteiger partial charge is 0.252 e. The van der Waals surface area contributed by atoms with E-state index < -0.39 is 0 Å². The summed E-state index contributed by atoms with van der Waals surface area (Å²) in [6.07, 6.45) is 1.92. The summed E-state index contributed by atoms with van der Waals surface area (Å²) >= 11 is 0. The zero-order valence-electron chi connectivity index (χ0n) is 15.1. The van der Waals surface area contributed by atoms with Gasteiger partial charge in [-0.15, -0.1) is 0 Å². The highest BCUT2D eigenvalue weighted by Gasteiger charge is 2.34. The standard InChI is InChI=1S/C19H18N6O2/c1-11-20-17(15-19(21-11)26-12(2)22-15)25-10-6-9-14(25)18-23-16(24-27-18)13-7-4-3-5-8-13/h3-5,7-8,14H,6,9-10H2,1-2H3/t14-/m1/s1. The van der Waals surface area contributed by atoms with Crippen molar-refractivity contribution in [2.24, 2.45) is 0 Å². The Morgan fingerprint density at radius 1 is 1.04 bits per heavy atom. The number of oxazole rings is 1. The number of fused-ring (bicyclic) bond motifs is 1. The minimum atomic E-state index is -0.0375. The Labute approximate surface area is 155 Å². The van der Waals surface area contributed by atoms with Crippen LogP contribution < -0.4 is 4.90 Å². The van der Waals surface area contributed by atoms with Crippen LogP contribution in [0.1, 0.15) is 36.5 Å². The number of hydrogen-bond acceptors (Lipinski definition) is 8. The third-order valence-electron chi connectivity index (χ3n) is 4.74. The van der Waals surface area contributed by atoms with Crippen LogP contribution in [0.2, 0.25) is 0 Å². The average molecular weight is 362 g/mol. The fourth-order valence-corrected chi connectivity index (χ4v) is 3.57. The Kier molecular flexibility index (Phi) is 3.63. The molecule has 0 bridgehead atoms. The molecule has 8 nitrogen and oxygen atoms in total. The molecular weight excluding hydrogens is 344 g/mol. The molecule has 0 saturated carbocycles. The highest BCUT2D eigenvalue weighted by atomic mass is 16.5. The monoisotopic (exact) mass is 362 g/mol. The Bertz CT molecular complexity index is 1100. The third kappa shape index (κ3) is 2.73. The van der Waals surface area contributed by atoms with Crippen LogP contribution in [0.5, 0.6) is 0 Å². The van der Waals surface area contributed by atoms with Gasteiger partial charge in [-0.05, 0) is 19.8 Å². The van der Waals surface area contributed by atoms with Crippen molar-refractivity contribution in [1.29, 1.82) is 0 Å². The molecule has 0 aliphatic carbocycles. The van der Waals surface area contributed by atoms with Crippen molar-refractivity contribution in [2.75, 3.05) is 11.4 Å². The summed E-state index contributed by atoms with van der Waals surface area (Å²) in [4.78, 5) is 20.3. The Balaban J connectivity index is 1.54. The summed E-state index contributed by atoms with van der Waals surface area (Å²) in [6, 6.07) is 9.78. The molecule has 0 N–H and O–H groups in total. The molecule has 4 heterocycles. The summed E-state index contributed by atoms with van der Waals surface area (Å²) in [5, 5.41) is 4.16. The van der Waals surface area contributed by atoms with Crippen LogP contribution in [0.25, 0.3) is 22.6 Å². The van der Waals surface area contributed by atoms with Gasteiger partial charge < -0.3 is 13.8 Å². The van der Waals surface area contributed by atoms with Crippen LogP contribution in [0, 0.1) is 13.8 Å². The molecule has 5 rings (SSSR count). The lowest BCUT2D eigenvalue weighted by Crippen LogP contribution is -2.24. The van der Waals surface area contributed by atoms with E-state index in [4.69, 9.17) is 8.94 Å². The molecule has 0 spiro atoms. The van der Waals surface area contributed by atoms with Gasteiger partial charge >= 0.3 is 0 Å². The molecule has 27 heavy (non-hydrogen) atoms. The first-order chi connectivity index (χ1) is 13.2. The largest absolute Gasteiger partial charge is 0.422 e. The van der Waals surface area contributed by atoms with Gasteiger partial charge in [-0.2, -0.15) is 9.97 Å². The minimum absolute atomic E-state index is 0.0375. The van der Waals surface area contributed by atoms with E-state index in [9.17, 15) is 0 Å². The molecule has 3 aromatic heterocycles. The number of hydrogen-bond donors (Lipinski definition) is 0. The van der Waals surface area contributed by atoms with E-state index in [0.29, 0.717) is 34.7 Å². The normalized spacial score (nSPS) is 17.1. The van der Waals surface area contributed by atoms with E-state index in [1.165, 1.54) is 0 Å². The molecule has 0 radical (unpaired) electrons. The number of aryl methyl sites for hydroxylation is 2. The second kappa shape index (κ2) is 6.15. The van der Waals surface area contributed by atoms with Crippen LogP contribution in [-0.4, -0.2) is 31.6 Å². The topological polar surface area (TPSA) is 94.0 Å². The summed E-state index contributed by atoms with van der Waals surface area (Å²) in [7, 11) is 0. The fourth-order valence-electron chi connectivity index (χ4n) is 3.57. The summed E-state index contributed by atoms with van der Waals surface area (Å²) in [6.45, 7) is 4.50. The maximum atomic E-state index is 5.61. The molecule has 1 aliphatic heterocycles. The summed E-state index contributed by atoms with van der Waals surface area (Å²) < 4.78 is 11.2. The molecule has 1 aliphatic rings. The van der Waals surface area contributed by atoms with Crippen LogP contribution in [-0.2, 0) is 0 Å². The number of rotatable bonds is 3. The first-order valence-electron chi connectivity index (χ1n) is 8.96. The van der Waals surface area contributed by atoms with Gasteiger partial charge in [-0.1, -0.05) is 35.5 Å². The maximum Gasteiger partial charge on any atom is 0.252 e.